The molecule has 23 heavy (non-hydrogen) atoms. The van der Waals surface area contributed by atoms with Crippen molar-refractivity contribution >= 4 is 11.6 Å². The van der Waals surface area contributed by atoms with E-state index in [0.29, 0.717) is 18.0 Å². The summed E-state index contributed by atoms with van der Waals surface area (Å²) >= 11 is 0. The predicted octanol–water partition coefficient (Wildman–Crippen LogP) is 2.97. The molecule has 1 aromatic carbocycles. The number of carbonyl (C=O) groups excluding carboxylic acids is 1. The lowest BCUT2D eigenvalue weighted by atomic mass is 10.1. The topological polar surface area (TPSA) is 51.7 Å². The first-order valence-electron chi connectivity index (χ1n) is 7.77. The Balaban J connectivity index is 1.89. The molecular formula is C18H20N2O3. The normalized spacial score (nSPS) is 19.3. The van der Waals surface area contributed by atoms with E-state index in [-0.39, 0.29) is 12.0 Å². The lowest BCUT2D eigenvalue weighted by molar-refractivity contribution is -0.130. The van der Waals surface area contributed by atoms with Gasteiger partial charge in [0.05, 0.1) is 11.4 Å². The minimum absolute atomic E-state index is 0.120. The average Bonchev–Trinajstić information content (AvgIpc) is 2.56. The van der Waals surface area contributed by atoms with Crippen molar-refractivity contribution in [1.29, 1.82) is 0 Å². The number of benzene rings is 1. The van der Waals surface area contributed by atoms with Crippen molar-refractivity contribution in [3.63, 3.8) is 0 Å². The van der Waals surface area contributed by atoms with Crippen molar-refractivity contribution in [1.82, 2.24) is 4.98 Å². The highest BCUT2D eigenvalue weighted by molar-refractivity contribution is 5.97. The number of carbonyl (C=O) groups is 1. The van der Waals surface area contributed by atoms with Crippen molar-refractivity contribution in [2.45, 2.75) is 33.0 Å². The Kier molecular flexibility index (Phi) is 4.19. The van der Waals surface area contributed by atoms with E-state index >= 15 is 0 Å². The molecular weight excluding hydrogens is 292 g/mol. The van der Waals surface area contributed by atoms with Gasteiger partial charge in [-0.25, -0.2) is 0 Å². The van der Waals surface area contributed by atoms with E-state index in [0.717, 1.165) is 11.4 Å². The van der Waals surface area contributed by atoms with E-state index in [1.54, 1.807) is 11.1 Å². The number of fused-ring (bicyclic) bond motifs is 1. The molecule has 3 rings (SSSR count). The molecule has 1 amide bonds. The van der Waals surface area contributed by atoms with Crippen LogP contribution in [0.5, 0.6) is 11.5 Å². The zero-order valence-electron chi connectivity index (χ0n) is 13.5. The fraction of sp³-hybridized carbons (Fsp3) is 0.333. The number of para-hydroxylation sites is 2. The molecule has 0 bridgehead atoms. The van der Waals surface area contributed by atoms with Gasteiger partial charge in [0, 0.05) is 12.7 Å². The second kappa shape index (κ2) is 6.28. The number of hydrogen-bond donors (Lipinski definition) is 0. The summed E-state index contributed by atoms with van der Waals surface area (Å²) in [6.07, 6.45) is 0.684. The largest absolute Gasteiger partial charge is 0.482 e. The molecule has 0 fully saturated rings. The molecule has 120 valence electrons. The van der Waals surface area contributed by atoms with Gasteiger partial charge < -0.3 is 14.4 Å². The standard InChI is InChI=1S/C18H20N2O3/c1-4-20(14-8-7-11-19-12(14)2)18(21)17-13(3)22-15-9-5-6-10-16(15)23-17/h5-11,13,17H,4H2,1-3H3. The van der Waals surface area contributed by atoms with Crippen LogP contribution < -0.4 is 14.4 Å². The van der Waals surface area contributed by atoms with Crippen molar-refractivity contribution < 1.29 is 14.3 Å². The van der Waals surface area contributed by atoms with Crippen molar-refractivity contribution in [3.05, 3.63) is 48.3 Å². The summed E-state index contributed by atoms with van der Waals surface area (Å²) in [5.41, 5.74) is 1.61. The molecule has 0 aliphatic carbocycles. The van der Waals surface area contributed by atoms with Crippen LogP contribution in [0.4, 0.5) is 5.69 Å². The van der Waals surface area contributed by atoms with Crippen LogP contribution in [-0.2, 0) is 4.79 Å². The summed E-state index contributed by atoms with van der Waals surface area (Å²) in [6.45, 7) is 6.22. The van der Waals surface area contributed by atoms with E-state index < -0.39 is 6.10 Å². The summed E-state index contributed by atoms with van der Waals surface area (Å²) < 4.78 is 11.8. The lowest BCUT2D eigenvalue weighted by Crippen LogP contribution is -2.51. The van der Waals surface area contributed by atoms with Gasteiger partial charge in [-0.2, -0.15) is 0 Å². The fourth-order valence-corrected chi connectivity index (χ4v) is 2.75. The molecule has 2 heterocycles. The zero-order valence-corrected chi connectivity index (χ0v) is 13.5. The number of ether oxygens (including phenoxy) is 2. The Labute approximate surface area is 135 Å². The summed E-state index contributed by atoms with van der Waals surface area (Å²) in [5.74, 6) is 1.15. The molecule has 2 atom stereocenters. The van der Waals surface area contributed by atoms with Gasteiger partial charge in [0.2, 0.25) is 6.10 Å². The van der Waals surface area contributed by atoms with Crippen LogP contribution in [0.25, 0.3) is 0 Å². The third-order valence-corrected chi connectivity index (χ3v) is 3.94. The summed E-state index contributed by atoms with van der Waals surface area (Å²) in [5, 5.41) is 0. The van der Waals surface area contributed by atoms with E-state index in [2.05, 4.69) is 4.98 Å². The molecule has 5 heteroatoms. The summed E-state index contributed by atoms with van der Waals surface area (Å²) in [4.78, 5) is 19.0. The van der Waals surface area contributed by atoms with Gasteiger partial charge >= 0.3 is 0 Å². The molecule has 1 aromatic heterocycles. The van der Waals surface area contributed by atoms with Crippen LogP contribution in [0.2, 0.25) is 0 Å². The van der Waals surface area contributed by atoms with Crippen molar-refractivity contribution in [2.75, 3.05) is 11.4 Å². The van der Waals surface area contributed by atoms with Crippen molar-refractivity contribution in [3.8, 4) is 11.5 Å². The average molecular weight is 312 g/mol. The van der Waals surface area contributed by atoms with E-state index in [9.17, 15) is 4.79 Å². The van der Waals surface area contributed by atoms with Gasteiger partial charge in [0.1, 0.15) is 6.10 Å². The quantitative estimate of drug-likeness (QED) is 0.874. The molecule has 1 aliphatic heterocycles. The maximum absolute atomic E-state index is 13.0. The SMILES string of the molecule is CCN(C(=O)C1Oc2ccccc2OC1C)c1cccnc1C. The van der Waals surface area contributed by atoms with Gasteiger partial charge in [0.15, 0.2) is 11.5 Å². The van der Waals surface area contributed by atoms with Gasteiger partial charge in [-0.1, -0.05) is 12.1 Å². The van der Waals surface area contributed by atoms with Crippen LogP contribution in [-0.4, -0.2) is 29.6 Å². The molecule has 0 spiro atoms. The Morgan fingerprint density at radius 1 is 1.17 bits per heavy atom. The Hall–Kier alpha value is -2.56. The van der Waals surface area contributed by atoms with Crippen LogP contribution in [0.3, 0.4) is 0 Å². The maximum atomic E-state index is 13.0. The Morgan fingerprint density at radius 3 is 2.52 bits per heavy atom. The number of likely N-dealkylation sites (N-methyl/N-ethyl adjacent to an activating group) is 1. The molecule has 0 saturated carbocycles. The second-order valence-electron chi connectivity index (χ2n) is 5.50. The number of anilines is 1. The van der Waals surface area contributed by atoms with E-state index in [4.69, 9.17) is 9.47 Å². The first kappa shape index (κ1) is 15.3. The maximum Gasteiger partial charge on any atom is 0.272 e. The molecule has 2 aromatic rings. The first-order valence-corrected chi connectivity index (χ1v) is 7.77. The first-order chi connectivity index (χ1) is 11.1. The molecule has 0 radical (unpaired) electrons. The lowest BCUT2D eigenvalue weighted by Gasteiger charge is -2.34. The summed E-state index contributed by atoms with van der Waals surface area (Å²) in [7, 11) is 0. The van der Waals surface area contributed by atoms with Gasteiger partial charge in [-0.3, -0.25) is 9.78 Å². The number of pyridine rings is 1. The monoisotopic (exact) mass is 312 g/mol. The minimum Gasteiger partial charge on any atom is -0.482 e. The highest BCUT2D eigenvalue weighted by atomic mass is 16.6. The number of aryl methyl sites for hydroxylation is 1. The number of amides is 1. The Bertz CT molecular complexity index is 717. The molecule has 0 N–H and O–H groups in total. The molecule has 1 aliphatic rings. The van der Waals surface area contributed by atoms with Crippen LogP contribution in [0, 0.1) is 6.92 Å². The molecule has 2 unspecified atom stereocenters. The van der Waals surface area contributed by atoms with Gasteiger partial charge in [-0.15, -0.1) is 0 Å². The van der Waals surface area contributed by atoms with E-state index in [1.807, 2.05) is 57.2 Å². The van der Waals surface area contributed by atoms with Crippen LogP contribution in [0.1, 0.15) is 19.5 Å². The minimum atomic E-state index is -0.676. The third kappa shape index (κ3) is 2.86. The van der Waals surface area contributed by atoms with Crippen LogP contribution in [0.15, 0.2) is 42.6 Å². The fourth-order valence-electron chi connectivity index (χ4n) is 2.75. The highest BCUT2D eigenvalue weighted by Crippen LogP contribution is 2.34. The van der Waals surface area contributed by atoms with Crippen molar-refractivity contribution in [2.24, 2.45) is 0 Å². The number of nitrogens with zero attached hydrogens (tertiary/aromatic N) is 2. The second-order valence-corrected chi connectivity index (χ2v) is 5.50. The van der Waals surface area contributed by atoms with Gasteiger partial charge in [-0.05, 0) is 45.0 Å². The smallest absolute Gasteiger partial charge is 0.272 e. The number of hydrogen-bond acceptors (Lipinski definition) is 4. The molecule has 5 nitrogen and oxygen atoms in total. The summed E-state index contributed by atoms with van der Waals surface area (Å²) in [6, 6.07) is 11.1. The molecule has 0 saturated heterocycles. The Morgan fingerprint density at radius 2 is 1.87 bits per heavy atom. The third-order valence-electron chi connectivity index (χ3n) is 3.94. The number of aromatic nitrogens is 1. The predicted molar refractivity (Wildman–Crippen MR) is 87.9 cm³/mol. The van der Waals surface area contributed by atoms with Crippen LogP contribution >= 0.6 is 0 Å². The van der Waals surface area contributed by atoms with Gasteiger partial charge in [0.25, 0.3) is 5.91 Å². The highest BCUT2D eigenvalue weighted by Gasteiger charge is 2.37. The number of rotatable bonds is 3. The zero-order chi connectivity index (χ0) is 16.4. The van der Waals surface area contributed by atoms with E-state index in [1.165, 1.54) is 0 Å².